The minimum absolute atomic E-state index is 0.0421. The van der Waals surface area contributed by atoms with E-state index in [0.29, 0.717) is 11.4 Å². The number of anilines is 3. The van der Waals surface area contributed by atoms with E-state index in [0.717, 1.165) is 43.4 Å². The number of rotatable bonds is 3. The molecule has 2 amide bonds. The van der Waals surface area contributed by atoms with Gasteiger partial charge in [0.25, 0.3) is 11.8 Å². The first-order valence-electron chi connectivity index (χ1n) is 19.0. The van der Waals surface area contributed by atoms with Crippen molar-refractivity contribution in [2.75, 3.05) is 9.80 Å². The zero-order chi connectivity index (χ0) is 37.9. The fourth-order valence-corrected chi connectivity index (χ4v) is 11.1. The van der Waals surface area contributed by atoms with Crippen molar-refractivity contribution in [1.29, 1.82) is 0 Å². The van der Waals surface area contributed by atoms with Crippen LogP contribution in [0.5, 0.6) is 0 Å². The van der Waals surface area contributed by atoms with Crippen molar-refractivity contribution in [3.8, 4) is 11.1 Å². The number of benzene rings is 7. The summed E-state index contributed by atoms with van der Waals surface area (Å²) in [6.45, 7) is 0. The fraction of sp³-hybridized carbons (Fsp3) is 0.0400. The lowest BCUT2D eigenvalue weighted by Gasteiger charge is -2.54. The van der Waals surface area contributed by atoms with Gasteiger partial charge in [-0.1, -0.05) is 151 Å². The summed E-state index contributed by atoms with van der Waals surface area (Å²) in [4.78, 5) is 44.5. The summed E-state index contributed by atoms with van der Waals surface area (Å²) in [5.74, 6) is -0.977. The van der Waals surface area contributed by atoms with Crippen molar-refractivity contribution in [2.24, 2.45) is 0 Å². The van der Waals surface area contributed by atoms with Gasteiger partial charge < -0.3 is 4.90 Å². The molecule has 4 aliphatic rings. The Balaban J connectivity index is 1.24. The lowest BCUT2D eigenvalue weighted by molar-refractivity contribution is 0.0923. The average Bonchev–Trinajstić information content (AvgIpc) is 3.71. The Hall–Kier alpha value is -7.09. The van der Waals surface area contributed by atoms with Crippen LogP contribution in [0.15, 0.2) is 192 Å². The summed E-state index contributed by atoms with van der Waals surface area (Å²) >= 11 is 1.74. The fourth-order valence-electron chi connectivity index (χ4n) is 10.0. The maximum Gasteiger partial charge on any atom is 0.286 e. The van der Waals surface area contributed by atoms with Crippen LogP contribution in [-0.4, -0.2) is 21.8 Å². The van der Waals surface area contributed by atoms with E-state index in [2.05, 4.69) is 150 Å². The van der Waals surface area contributed by atoms with Crippen molar-refractivity contribution in [3.63, 3.8) is 0 Å². The Morgan fingerprint density at radius 1 is 0.456 bits per heavy atom. The number of nitrogens with zero attached hydrogens (tertiary/aromatic N) is 4. The summed E-state index contributed by atoms with van der Waals surface area (Å²) in [5, 5.41) is 0. The molecule has 57 heavy (non-hydrogen) atoms. The maximum atomic E-state index is 14.5. The second-order valence-corrected chi connectivity index (χ2v) is 15.8. The highest BCUT2D eigenvalue weighted by molar-refractivity contribution is 7.99. The zero-order valence-electron chi connectivity index (χ0n) is 30.3. The van der Waals surface area contributed by atoms with Crippen LogP contribution in [0.1, 0.15) is 60.1 Å². The van der Waals surface area contributed by atoms with Crippen molar-refractivity contribution in [2.45, 2.75) is 20.7 Å². The second kappa shape index (κ2) is 11.7. The minimum atomic E-state index is -1.18. The second-order valence-electron chi connectivity index (χ2n) is 14.7. The molecular formula is C50H30N4O2S. The molecule has 1 spiro atoms. The van der Waals surface area contributed by atoms with Gasteiger partial charge in [0.15, 0.2) is 11.4 Å². The molecule has 0 atom stereocenters. The van der Waals surface area contributed by atoms with E-state index in [1.165, 1.54) is 27.2 Å². The van der Waals surface area contributed by atoms with Gasteiger partial charge in [-0.05, 0) is 80.9 Å². The molecule has 0 bridgehead atoms. The van der Waals surface area contributed by atoms with Crippen LogP contribution < -0.4 is 9.80 Å². The van der Waals surface area contributed by atoms with Crippen LogP contribution >= 0.6 is 11.8 Å². The molecule has 1 aromatic heterocycles. The van der Waals surface area contributed by atoms with E-state index in [1.807, 2.05) is 18.2 Å². The van der Waals surface area contributed by atoms with Gasteiger partial charge in [0.2, 0.25) is 0 Å². The van der Waals surface area contributed by atoms with E-state index in [1.54, 1.807) is 30.1 Å². The SMILES string of the molecule is O=C1c2ncc(C3(N4c5ccccc5Sc5ccccc54)c4ccccc4C4(c5ccccc5-c5ccccc54)c4ccccc43)nc2C(=O)N1c1ccccc1. The highest BCUT2D eigenvalue weighted by Crippen LogP contribution is 2.66. The minimum Gasteiger partial charge on any atom is -0.319 e. The molecular weight excluding hydrogens is 721 g/mol. The number of amides is 2. The quantitative estimate of drug-likeness (QED) is 0.168. The Labute approximate surface area is 333 Å². The molecule has 12 rings (SSSR count). The maximum absolute atomic E-state index is 14.5. The number of carbonyl (C=O) groups is 2. The highest BCUT2D eigenvalue weighted by Gasteiger charge is 2.60. The molecule has 0 N–H and O–H groups in total. The molecule has 7 aromatic carbocycles. The van der Waals surface area contributed by atoms with Gasteiger partial charge in [-0.25, -0.2) is 14.9 Å². The van der Waals surface area contributed by atoms with E-state index in [9.17, 15) is 9.59 Å². The summed E-state index contributed by atoms with van der Waals surface area (Å²) in [7, 11) is 0. The topological polar surface area (TPSA) is 66.4 Å². The van der Waals surface area contributed by atoms with Gasteiger partial charge in [-0.15, -0.1) is 0 Å². The molecule has 0 fully saturated rings. The third-order valence-corrected chi connectivity index (χ3v) is 13.3. The Morgan fingerprint density at radius 3 is 1.49 bits per heavy atom. The van der Waals surface area contributed by atoms with Crippen molar-refractivity contribution in [3.05, 3.63) is 233 Å². The molecule has 3 heterocycles. The van der Waals surface area contributed by atoms with Crippen molar-refractivity contribution in [1.82, 2.24) is 9.97 Å². The zero-order valence-corrected chi connectivity index (χ0v) is 31.2. The number of carbonyl (C=O) groups excluding carboxylic acids is 2. The Morgan fingerprint density at radius 2 is 0.912 bits per heavy atom. The van der Waals surface area contributed by atoms with Crippen LogP contribution in [0, 0.1) is 0 Å². The average molecular weight is 751 g/mol. The van der Waals surface area contributed by atoms with Crippen LogP contribution in [-0.2, 0) is 11.0 Å². The molecule has 0 radical (unpaired) electrons. The number of imide groups is 1. The summed E-state index contributed by atoms with van der Waals surface area (Å²) in [5.41, 5.74) is 10.4. The van der Waals surface area contributed by atoms with Crippen LogP contribution in [0.25, 0.3) is 11.1 Å². The molecule has 7 heteroatoms. The predicted molar refractivity (Wildman–Crippen MR) is 222 cm³/mol. The van der Waals surface area contributed by atoms with Gasteiger partial charge >= 0.3 is 0 Å². The van der Waals surface area contributed by atoms with E-state index < -0.39 is 22.8 Å². The summed E-state index contributed by atoms with van der Waals surface area (Å²) < 4.78 is 0. The van der Waals surface area contributed by atoms with Gasteiger partial charge in [-0.2, -0.15) is 0 Å². The molecule has 268 valence electrons. The molecule has 8 aromatic rings. The molecule has 0 unspecified atom stereocenters. The van der Waals surface area contributed by atoms with Crippen LogP contribution in [0.2, 0.25) is 0 Å². The molecule has 6 nitrogen and oxygen atoms in total. The van der Waals surface area contributed by atoms with E-state index in [-0.39, 0.29) is 11.4 Å². The smallest absolute Gasteiger partial charge is 0.286 e. The van der Waals surface area contributed by atoms with Gasteiger partial charge in [0, 0.05) is 9.79 Å². The van der Waals surface area contributed by atoms with E-state index in [4.69, 9.17) is 9.97 Å². The molecule has 2 aliphatic heterocycles. The normalized spacial score (nSPS) is 15.9. The molecule has 2 aliphatic carbocycles. The predicted octanol–water partition coefficient (Wildman–Crippen LogP) is 10.5. The first-order chi connectivity index (χ1) is 28.1. The summed E-state index contributed by atoms with van der Waals surface area (Å²) in [6.07, 6.45) is 1.73. The number of para-hydroxylation sites is 3. The lowest BCUT2D eigenvalue weighted by atomic mass is 9.56. The largest absolute Gasteiger partial charge is 0.319 e. The van der Waals surface area contributed by atoms with Gasteiger partial charge in [-0.3, -0.25) is 9.59 Å². The summed E-state index contributed by atoms with van der Waals surface area (Å²) in [6, 6.07) is 61.0. The van der Waals surface area contributed by atoms with Crippen LogP contribution in [0.4, 0.5) is 17.1 Å². The Bertz CT molecular complexity index is 2890. The number of fused-ring (bicyclic) bond motifs is 12. The molecule has 0 saturated heterocycles. The highest BCUT2D eigenvalue weighted by atomic mass is 32.2. The van der Waals surface area contributed by atoms with Gasteiger partial charge in [0.1, 0.15) is 5.54 Å². The first kappa shape index (κ1) is 32.2. The Kier molecular flexibility index (Phi) is 6.61. The van der Waals surface area contributed by atoms with Crippen LogP contribution in [0.3, 0.4) is 0 Å². The standard InChI is InChI=1S/C50H30N4O2S/c55-47-45-46(48(56)53(47)31-16-2-1-3-17-31)52-44(30-51-45)50(54-40-26-12-14-28-42(40)57-43-29-15-13-27-41(43)54)38-24-10-8-22-36(38)49(37-23-9-11-25-39(37)50)34-20-6-4-18-32(34)33-19-5-7-21-35(33)49/h1-30H. The van der Waals surface area contributed by atoms with E-state index >= 15 is 0 Å². The number of hydrogen-bond acceptors (Lipinski definition) is 6. The molecule has 0 saturated carbocycles. The van der Waals surface area contributed by atoms with Gasteiger partial charge in [0.05, 0.1) is 34.4 Å². The first-order valence-corrected chi connectivity index (χ1v) is 19.8. The monoisotopic (exact) mass is 750 g/mol. The number of aromatic nitrogens is 2. The lowest BCUT2D eigenvalue weighted by Crippen LogP contribution is -2.53. The van der Waals surface area contributed by atoms with Crippen molar-refractivity contribution >= 4 is 40.6 Å². The third-order valence-electron chi connectivity index (χ3n) is 12.1. The number of hydrogen-bond donors (Lipinski definition) is 0. The third kappa shape index (κ3) is 4.01. The van der Waals surface area contributed by atoms with Crippen molar-refractivity contribution < 1.29 is 9.59 Å².